The molecule has 1 aromatic heterocycles. The number of hydrogen-bond donors (Lipinski definition) is 1. The molecule has 0 unspecified atom stereocenters. The van der Waals surface area contributed by atoms with Gasteiger partial charge in [0.25, 0.3) is 0 Å². The molecule has 33 heavy (non-hydrogen) atoms. The van der Waals surface area contributed by atoms with Crippen LogP contribution in [0.1, 0.15) is 50.8 Å². The van der Waals surface area contributed by atoms with Crippen molar-refractivity contribution in [2.75, 3.05) is 6.61 Å². The standard InChI is InChI=1S/C24H26F3N3O3/c1-14(2)22(32)33-10-6-7-15-11-17(23(3,4)5)21(31)20(12-15)30-28-18-9-8-16(24(25,26)27)13-19(18)29-30/h8-9,11-13,31H,1,6-7,10H2,2-5H3. The second kappa shape index (κ2) is 8.88. The summed E-state index contributed by atoms with van der Waals surface area (Å²) in [6, 6.07) is 6.69. The van der Waals surface area contributed by atoms with E-state index in [1.165, 1.54) is 6.07 Å². The first-order valence-electron chi connectivity index (χ1n) is 10.4. The van der Waals surface area contributed by atoms with Crippen molar-refractivity contribution in [2.24, 2.45) is 0 Å². The van der Waals surface area contributed by atoms with Gasteiger partial charge in [0.15, 0.2) is 0 Å². The molecule has 0 amide bonds. The maximum atomic E-state index is 13.1. The van der Waals surface area contributed by atoms with Crippen molar-refractivity contribution in [3.8, 4) is 11.4 Å². The molecule has 3 aromatic rings. The second-order valence-corrected chi connectivity index (χ2v) is 8.97. The van der Waals surface area contributed by atoms with Crippen LogP contribution in [-0.2, 0) is 27.5 Å². The highest BCUT2D eigenvalue weighted by molar-refractivity contribution is 5.86. The maximum absolute atomic E-state index is 13.1. The SMILES string of the molecule is C=C(C)C(=O)OCCCc1cc(-n2nc3ccc(C(F)(F)F)cc3n2)c(O)c(C(C)(C)C)c1. The third-order valence-corrected chi connectivity index (χ3v) is 5.07. The Bertz CT molecular complexity index is 1210. The molecule has 1 heterocycles. The van der Waals surface area contributed by atoms with Gasteiger partial charge in [-0.05, 0) is 55.0 Å². The predicted octanol–water partition coefficient (Wildman–Crippen LogP) is 5.49. The molecule has 0 fully saturated rings. The van der Waals surface area contributed by atoms with Gasteiger partial charge in [-0.25, -0.2) is 4.79 Å². The Hall–Kier alpha value is -3.36. The molecule has 0 saturated carbocycles. The molecule has 0 radical (unpaired) electrons. The van der Waals surface area contributed by atoms with E-state index in [4.69, 9.17) is 4.74 Å². The van der Waals surface area contributed by atoms with E-state index in [1.807, 2.05) is 26.8 Å². The minimum atomic E-state index is -4.49. The Morgan fingerprint density at radius 2 is 1.79 bits per heavy atom. The zero-order valence-corrected chi connectivity index (χ0v) is 19.0. The lowest BCUT2D eigenvalue weighted by atomic mass is 9.84. The van der Waals surface area contributed by atoms with E-state index >= 15 is 0 Å². The van der Waals surface area contributed by atoms with E-state index in [9.17, 15) is 23.1 Å². The van der Waals surface area contributed by atoms with E-state index < -0.39 is 23.1 Å². The predicted molar refractivity (Wildman–Crippen MR) is 118 cm³/mol. The first kappa shape index (κ1) is 24.3. The highest BCUT2D eigenvalue weighted by Gasteiger charge is 2.31. The average Bonchev–Trinajstić information content (AvgIpc) is 3.13. The molecule has 0 atom stereocenters. The third kappa shape index (κ3) is 5.53. The lowest BCUT2D eigenvalue weighted by Crippen LogP contribution is -2.14. The summed E-state index contributed by atoms with van der Waals surface area (Å²) >= 11 is 0. The first-order valence-corrected chi connectivity index (χ1v) is 10.4. The minimum Gasteiger partial charge on any atom is -0.505 e. The van der Waals surface area contributed by atoms with Crippen molar-refractivity contribution in [1.29, 1.82) is 0 Å². The molecule has 1 N–H and O–H groups in total. The largest absolute Gasteiger partial charge is 0.505 e. The van der Waals surface area contributed by atoms with Gasteiger partial charge in [-0.3, -0.25) is 0 Å². The Morgan fingerprint density at radius 1 is 1.12 bits per heavy atom. The number of fused-ring (bicyclic) bond motifs is 1. The van der Waals surface area contributed by atoms with Crippen LogP contribution in [0.15, 0.2) is 42.5 Å². The van der Waals surface area contributed by atoms with Gasteiger partial charge in [-0.2, -0.15) is 13.2 Å². The summed E-state index contributed by atoms with van der Waals surface area (Å²) < 4.78 is 44.3. The Morgan fingerprint density at radius 3 is 2.39 bits per heavy atom. The summed E-state index contributed by atoms with van der Waals surface area (Å²) in [5, 5.41) is 19.4. The highest BCUT2D eigenvalue weighted by Crippen LogP contribution is 2.37. The molecular weight excluding hydrogens is 435 g/mol. The molecule has 0 aliphatic rings. The van der Waals surface area contributed by atoms with Gasteiger partial charge in [-0.15, -0.1) is 15.0 Å². The number of hydrogen-bond acceptors (Lipinski definition) is 5. The van der Waals surface area contributed by atoms with Crippen LogP contribution >= 0.6 is 0 Å². The van der Waals surface area contributed by atoms with Crippen LogP contribution in [0.3, 0.4) is 0 Å². The quantitative estimate of drug-likeness (QED) is 0.298. The molecule has 0 aliphatic carbocycles. The van der Waals surface area contributed by atoms with E-state index in [0.717, 1.165) is 22.5 Å². The van der Waals surface area contributed by atoms with Gasteiger partial charge in [0.1, 0.15) is 22.5 Å². The molecule has 2 aromatic carbocycles. The lowest BCUT2D eigenvalue weighted by Gasteiger charge is -2.23. The minimum absolute atomic E-state index is 0.0451. The van der Waals surface area contributed by atoms with Crippen LogP contribution in [0.25, 0.3) is 16.7 Å². The monoisotopic (exact) mass is 461 g/mol. The molecular formula is C24H26F3N3O3. The number of aromatic hydroxyl groups is 1. The Labute approximate surface area is 189 Å². The fourth-order valence-electron chi connectivity index (χ4n) is 3.31. The normalized spacial score (nSPS) is 12.2. The number of alkyl halides is 3. The highest BCUT2D eigenvalue weighted by atomic mass is 19.4. The molecule has 9 heteroatoms. The summed E-state index contributed by atoms with van der Waals surface area (Å²) in [6.07, 6.45) is -3.41. The van der Waals surface area contributed by atoms with Gasteiger partial charge in [0.2, 0.25) is 0 Å². The molecule has 176 valence electrons. The number of carbonyl (C=O) groups is 1. The van der Waals surface area contributed by atoms with Crippen LogP contribution < -0.4 is 0 Å². The molecule has 6 nitrogen and oxygen atoms in total. The molecule has 0 spiro atoms. The second-order valence-electron chi connectivity index (χ2n) is 8.97. The zero-order chi connectivity index (χ0) is 24.6. The summed E-state index contributed by atoms with van der Waals surface area (Å²) in [7, 11) is 0. The number of esters is 1. The lowest BCUT2D eigenvalue weighted by molar-refractivity contribution is -0.139. The fourth-order valence-corrected chi connectivity index (χ4v) is 3.31. The van der Waals surface area contributed by atoms with Gasteiger partial charge in [0, 0.05) is 11.1 Å². The van der Waals surface area contributed by atoms with Crippen LogP contribution in [0.4, 0.5) is 13.2 Å². The number of phenolic OH excluding ortho intramolecular Hbond substituents is 1. The summed E-state index contributed by atoms with van der Waals surface area (Å²) in [6.45, 7) is 11.1. The molecule has 0 bridgehead atoms. The number of aromatic nitrogens is 3. The van der Waals surface area contributed by atoms with Crippen molar-refractivity contribution in [2.45, 2.75) is 52.1 Å². The van der Waals surface area contributed by atoms with Crippen LogP contribution in [0, 0.1) is 0 Å². The fraction of sp³-hybridized carbons (Fsp3) is 0.375. The van der Waals surface area contributed by atoms with E-state index in [2.05, 4.69) is 16.8 Å². The number of halogens is 3. The summed E-state index contributed by atoms with van der Waals surface area (Å²) in [5.41, 5.74) is 1.18. The van der Waals surface area contributed by atoms with Gasteiger partial charge in [-0.1, -0.05) is 33.4 Å². The maximum Gasteiger partial charge on any atom is 0.416 e. The number of phenols is 1. The van der Waals surface area contributed by atoms with Gasteiger partial charge in [0.05, 0.1) is 12.2 Å². The van der Waals surface area contributed by atoms with Crippen molar-refractivity contribution >= 4 is 17.0 Å². The molecule has 3 rings (SSSR count). The number of rotatable bonds is 6. The van der Waals surface area contributed by atoms with Crippen LogP contribution in [0.2, 0.25) is 0 Å². The van der Waals surface area contributed by atoms with Gasteiger partial charge < -0.3 is 9.84 Å². The summed E-state index contributed by atoms with van der Waals surface area (Å²) in [5.74, 6) is -0.501. The molecule has 0 saturated heterocycles. The van der Waals surface area contributed by atoms with Gasteiger partial charge >= 0.3 is 12.1 Å². The van der Waals surface area contributed by atoms with Crippen LogP contribution in [0.5, 0.6) is 5.75 Å². The number of ether oxygens (including phenoxy) is 1. The van der Waals surface area contributed by atoms with Crippen molar-refractivity contribution in [3.05, 3.63) is 59.2 Å². The molecule has 0 aliphatic heterocycles. The number of nitrogens with zero attached hydrogens (tertiary/aromatic N) is 3. The number of benzene rings is 2. The van der Waals surface area contributed by atoms with Crippen LogP contribution in [-0.4, -0.2) is 32.7 Å². The number of aryl methyl sites for hydroxylation is 1. The Balaban J connectivity index is 1.97. The zero-order valence-electron chi connectivity index (χ0n) is 19.0. The van der Waals surface area contributed by atoms with Crippen molar-refractivity contribution in [1.82, 2.24) is 15.0 Å². The Kier molecular flexibility index (Phi) is 6.53. The third-order valence-electron chi connectivity index (χ3n) is 5.07. The smallest absolute Gasteiger partial charge is 0.416 e. The van der Waals surface area contributed by atoms with Crippen molar-refractivity contribution in [3.63, 3.8) is 0 Å². The average molecular weight is 461 g/mol. The first-order chi connectivity index (χ1) is 15.3. The number of carbonyl (C=O) groups excluding carboxylic acids is 1. The van der Waals surface area contributed by atoms with E-state index in [-0.39, 0.29) is 29.1 Å². The topological polar surface area (TPSA) is 77.2 Å². The van der Waals surface area contributed by atoms with E-state index in [1.54, 1.807) is 13.0 Å². The van der Waals surface area contributed by atoms with Crippen molar-refractivity contribution < 1.29 is 27.8 Å². The van der Waals surface area contributed by atoms with E-state index in [0.29, 0.717) is 24.0 Å². The summed E-state index contributed by atoms with van der Waals surface area (Å²) in [4.78, 5) is 12.7.